The SMILES string of the molecule is COc1ccc(CCCN=C(N)N2CCCC(C)C2)cc1OC.I. The van der Waals surface area contributed by atoms with E-state index >= 15 is 0 Å². The fourth-order valence-corrected chi connectivity index (χ4v) is 3.01. The Bertz CT molecular complexity index is 537. The number of rotatable bonds is 6. The predicted molar refractivity (Wildman–Crippen MR) is 110 cm³/mol. The van der Waals surface area contributed by atoms with Gasteiger partial charge in [-0.15, -0.1) is 24.0 Å². The monoisotopic (exact) mass is 447 g/mol. The van der Waals surface area contributed by atoms with Crippen LogP contribution in [0.3, 0.4) is 0 Å². The van der Waals surface area contributed by atoms with Gasteiger partial charge >= 0.3 is 0 Å². The highest BCUT2D eigenvalue weighted by atomic mass is 127. The van der Waals surface area contributed by atoms with Gasteiger partial charge in [0, 0.05) is 19.6 Å². The zero-order chi connectivity index (χ0) is 16.7. The number of hydrogen-bond acceptors (Lipinski definition) is 3. The van der Waals surface area contributed by atoms with Crippen molar-refractivity contribution in [3.05, 3.63) is 23.8 Å². The Hall–Kier alpha value is -1.18. The van der Waals surface area contributed by atoms with Crippen LogP contribution < -0.4 is 15.2 Å². The van der Waals surface area contributed by atoms with Gasteiger partial charge in [-0.05, 0) is 49.3 Å². The molecule has 1 aromatic carbocycles. The Kier molecular flexibility index (Phi) is 9.25. The summed E-state index contributed by atoms with van der Waals surface area (Å²) in [6.45, 7) is 5.10. The molecule has 0 spiro atoms. The van der Waals surface area contributed by atoms with E-state index in [2.05, 4.69) is 22.9 Å². The minimum atomic E-state index is 0. The minimum Gasteiger partial charge on any atom is -0.493 e. The lowest BCUT2D eigenvalue weighted by Crippen LogP contribution is -2.43. The summed E-state index contributed by atoms with van der Waals surface area (Å²) in [5.41, 5.74) is 7.34. The van der Waals surface area contributed by atoms with Gasteiger partial charge in [0.25, 0.3) is 0 Å². The Morgan fingerprint density at radius 2 is 2.04 bits per heavy atom. The number of ether oxygens (including phenoxy) is 2. The lowest BCUT2D eigenvalue weighted by molar-refractivity contribution is 0.270. The molecule has 1 heterocycles. The topological polar surface area (TPSA) is 60.1 Å². The summed E-state index contributed by atoms with van der Waals surface area (Å²) in [6.07, 6.45) is 4.43. The molecule has 5 nitrogen and oxygen atoms in total. The molecule has 0 bridgehead atoms. The second-order valence-corrected chi connectivity index (χ2v) is 6.23. The summed E-state index contributed by atoms with van der Waals surface area (Å²) < 4.78 is 10.6. The summed E-state index contributed by atoms with van der Waals surface area (Å²) >= 11 is 0. The van der Waals surface area contributed by atoms with Crippen LogP contribution in [0, 0.1) is 5.92 Å². The van der Waals surface area contributed by atoms with Gasteiger partial charge in [-0.25, -0.2) is 0 Å². The van der Waals surface area contributed by atoms with Gasteiger partial charge < -0.3 is 20.1 Å². The Labute approximate surface area is 162 Å². The first-order valence-corrected chi connectivity index (χ1v) is 8.39. The number of piperidine rings is 1. The van der Waals surface area contributed by atoms with E-state index in [9.17, 15) is 0 Å². The molecule has 6 heteroatoms. The van der Waals surface area contributed by atoms with Crippen LogP contribution in [-0.4, -0.2) is 44.7 Å². The molecule has 1 unspecified atom stereocenters. The van der Waals surface area contributed by atoms with E-state index in [1.54, 1.807) is 14.2 Å². The summed E-state index contributed by atoms with van der Waals surface area (Å²) in [7, 11) is 3.31. The lowest BCUT2D eigenvalue weighted by Gasteiger charge is -2.31. The molecule has 136 valence electrons. The third kappa shape index (κ3) is 6.03. The van der Waals surface area contributed by atoms with E-state index < -0.39 is 0 Å². The Balaban J connectivity index is 0.00000288. The van der Waals surface area contributed by atoms with Crippen molar-refractivity contribution >= 4 is 29.9 Å². The van der Waals surface area contributed by atoms with Crippen molar-refractivity contribution < 1.29 is 9.47 Å². The molecule has 0 amide bonds. The van der Waals surface area contributed by atoms with Gasteiger partial charge in [-0.1, -0.05) is 13.0 Å². The standard InChI is InChI=1S/C18H29N3O2.HI/c1-14-6-5-11-21(13-14)18(19)20-10-4-7-15-8-9-16(22-2)17(12-15)23-3;/h8-9,12,14H,4-7,10-11,13H2,1-3H3,(H2,19,20);1H. The summed E-state index contributed by atoms with van der Waals surface area (Å²) in [5, 5.41) is 0. The normalized spacial score (nSPS) is 18.0. The summed E-state index contributed by atoms with van der Waals surface area (Å²) in [5.74, 6) is 2.95. The molecule has 0 radical (unpaired) electrons. The summed E-state index contributed by atoms with van der Waals surface area (Å²) in [6, 6.07) is 6.04. The number of benzene rings is 1. The highest BCUT2D eigenvalue weighted by Gasteiger charge is 2.17. The smallest absolute Gasteiger partial charge is 0.191 e. The number of aliphatic imine (C=N–C) groups is 1. The van der Waals surface area contributed by atoms with Crippen LogP contribution >= 0.6 is 24.0 Å². The fourth-order valence-electron chi connectivity index (χ4n) is 3.01. The fraction of sp³-hybridized carbons (Fsp3) is 0.611. The number of nitrogens with zero attached hydrogens (tertiary/aromatic N) is 2. The molecule has 1 saturated heterocycles. The van der Waals surface area contributed by atoms with E-state index in [4.69, 9.17) is 15.2 Å². The van der Waals surface area contributed by atoms with Crippen molar-refractivity contribution in [2.24, 2.45) is 16.6 Å². The second-order valence-electron chi connectivity index (χ2n) is 6.23. The van der Waals surface area contributed by atoms with Crippen molar-refractivity contribution in [3.8, 4) is 11.5 Å². The van der Waals surface area contributed by atoms with E-state index in [0.717, 1.165) is 44.0 Å². The van der Waals surface area contributed by atoms with E-state index in [1.807, 2.05) is 12.1 Å². The van der Waals surface area contributed by atoms with Crippen LogP contribution in [0.1, 0.15) is 31.7 Å². The largest absolute Gasteiger partial charge is 0.493 e. The maximum atomic E-state index is 6.11. The van der Waals surface area contributed by atoms with Crippen LogP contribution in [0.15, 0.2) is 23.2 Å². The van der Waals surface area contributed by atoms with Crippen LogP contribution in [0.4, 0.5) is 0 Å². The van der Waals surface area contributed by atoms with E-state index in [-0.39, 0.29) is 24.0 Å². The predicted octanol–water partition coefficient (Wildman–Crippen LogP) is 3.30. The third-order valence-electron chi connectivity index (χ3n) is 4.33. The van der Waals surface area contributed by atoms with Gasteiger partial charge in [0.05, 0.1) is 14.2 Å². The molecular formula is C18H30IN3O2. The molecule has 0 aliphatic carbocycles. The third-order valence-corrected chi connectivity index (χ3v) is 4.33. The summed E-state index contributed by atoms with van der Waals surface area (Å²) in [4.78, 5) is 6.75. The number of hydrogen-bond donors (Lipinski definition) is 1. The number of likely N-dealkylation sites (tertiary alicyclic amines) is 1. The molecule has 1 fully saturated rings. The molecule has 24 heavy (non-hydrogen) atoms. The van der Waals surface area contributed by atoms with Gasteiger partial charge in [0.15, 0.2) is 17.5 Å². The van der Waals surface area contributed by atoms with Crippen LogP contribution in [-0.2, 0) is 6.42 Å². The maximum Gasteiger partial charge on any atom is 0.191 e. The van der Waals surface area contributed by atoms with Gasteiger partial charge in [-0.3, -0.25) is 4.99 Å². The first-order valence-electron chi connectivity index (χ1n) is 8.39. The van der Waals surface area contributed by atoms with Crippen molar-refractivity contribution in [3.63, 3.8) is 0 Å². The Morgan fingerprint density at radius 3 is 2.71 bits per heavy atom. The highest BCUT2D eigenvalue weighted by Crippen LogP contribution is 2.27. The molecule has 0 aromatic heterocycles. The molecule has 1 aliphatic heterocycles. The average Bonchev–Trinajstić information content (AvgIpc) is 2.58. The highest BCUT2D eigenvalue weighted by molar-refractivity contribution is 14.0. The van der Waals surface area contributed by atoms with Crippen molar-refractivity contribution in [1.29, 1.82) is 0 Å². The zero-order valence-electron chi connectivity index (χ0n) is 15.0. The number of aryl methyl sites for hydroxylation is 1. The van der Waals surface area contributed by atoms with E-state index in [1.165, 1.54) is 18.4 Å². The first kappa shape index (κ1) is 20.9. The molecule has 1 aromatic rings. The molecular weight excluding hydrogens is 417 g/mol. The van der Waals surface area contributed by atoms with Gasteiger partial charge in [-0.2, -0.15) is 0 Å². The molecule has 2 rings (SSSR count). The maximum absolute atomic E-state index is 6.11. The molecule has 0 saturated carbocycles. The number of nitrogens with two attached hydrogens (primary N) is 1. The van der Waals surface area contributed by atoms with Gasteiger partial charge in [0.1, 0.15) is 0 Å². The van der Waals surface area contributed by atoms with Crippen LogP contribution in [0.2, 0.25) is 0 Å². The Morgan fingerprint density at radius 1 is 1.29 bits per heavy atom. The average molecular weight is 447 g/mol. The molecule has 1 atom stereocenters. The molecule has 1 aliphatic rings. The molecule has 2 N–H and O–H groups in total. The van der Waals surface area contributed by atoms with Crippen LogP contribution in [0.25, 0.3) is 0 Å². The van der Waals surface area contributed by atoms with Crippen molar-refractivity contribution in [1.82, 2.24) is 4.90 Å². The zero-order valence-corrected chi connectivity index (χ0v) is 17.3. The van der Waals surface area contributed by atoms with Gasteiger partial charge in [0.2, 0.25) is 0 Å². The van der Waals surface area contributed by atoms with E-state index in [0.29, 0.717) is 11.9 Å². The quantitative estimate of drug-likeness (QED) is 0.315. The number of methoxy groups -OCH3 is 2. The number of guanidine groups is 1. The van der Waals surface area contributed by atoms with Crippen molar-refractivity contribution in [2.45, 2.75) is 32.6 Å². The minimum absolute atomic E-state index is 0. The van der Waals surface area contributed by atoms with Crippen LogP contribution in [0.5, 0.6) is 11.5 Å². The van der Waals surface area contributed by atoms with Crippen molar-refractivity contribution in [2.75, 3.05) is 33.9 Å². The first-order chi connectivity index (χ1) is 11.1. The second kappa shape index (κ2) is 10.6. The number of halogens is 1. The lowest BCUT2D eigenvalue weighted by atomic mass is 10.0.